The molecule has 1 fully saturated rings. The molecule has 0 aromatic carbocycles. The third kappa shape index (κ3) is 4.02. The Hall–Kier alpha value is -0.980. The molecule has 0 unspecified atom stereocenters. The van der Waals surface area contributed by atoms with Crippen molar-refractivity contribution in [1.82, 2.24) is 14.6 Å². The third-order valence-electron chi connectivity index (χ3n) is 4.11. The zero-order chi connectivity index (χ0) is 15.5. The number of rotatable bonds is 5. The van der Waals surface area contributed by atoms with Crippen LogP contribution in [0.15, 0.2) is 24.5 Å². The van der Waals surface area contributed by atoms with Gasteiger partial charge < -0.3 is 5.32 Å². The van der Waals surface area contributed by atoms with Crippen molar-refractivity contribution in [1.29, 1.82) is 0 Å². The van der Waals surface area contributed by atoms with E-state index in [2.05, 4.69) is 17.2 Å². The molecule has 0 saturated carbocycles. The van der Waals surface area contributed by atoms with Crippen LogP contribution in [0.3, 0.4) is 0 Å². The highest BCUT2D eigenvalue weighted by Gasteiger charge is 2.33. The third-order valence-corrected chi connectivity index (χ3v) is 6.36. The first-order valence-electron chi connectivity index (χ1n) is 7.52. The molecule has 118 valence electrons. The van der Waals surface area contributed by atoms with Crippen molar-refractivity contribution in [2.24, 2.45) is 5.92 Å². The Morgan fingerprint density at radius 2 is 2.24 bits per heavy atom. The van der Waals surface area contributed by atoms with E-state index >= 15 is 0 Å². The maximum absolute atomic E-state index is 12.2. The first kappa shape index (κ1) is 16.4. The second-order valence-electron chi connectivity index (χ2n) is 6.07. The van der Waals surface area contributed by atoms with Crippen molar-refractivity contribution in [3.8, 4) is 0 Å². The van der Waals surface area contributed by atoms with Gasteiger partial charge in [0.25, 0.3) is 0 Å². The molecule has 6 heteroatoms. The molecule has 0 radical (unpaired) electrons. The lowest BCUT2D eigenvalue weighted by atomic mass is 9.95. The van der Waals surface area contributed by atoms with Crippen LogP contribution in [0.1, 0.15) is 32.8 Å². The summed E-state index contributed by atoms with van der Waals surface area (Å²) >= 11 is 0. The van der Waals surface area contributed by atoms with Gasteiger partial charge in [-0.1, -0.05) is 13.0 Å². The molecule has 21 heavy (non-hydrogen) atoms. The summed E-state index contributed by atoms with van der Waals surface area (Å²) < 4.78 is 26.1. The van der Waals surface area contributed by atoms with Crippen LogP contribution in [0.25, 0.3) is 0 Å². The van der Waals surface area contributed by atoms with Crippen molar-refractivity contribution in [3.05, 3.63) is 30.1 Å². The van der Waals surface area contributed by atoms with Gasteiger partial charge in [0.1, 0.15) is 0 Å². The predicted octanol–water partition coefficient (Wildman–Crippen LogP) is 1.62. The molecule has 0 amide bonds. The Kier molecular flexibility index (Phi) is 5.35. The van der Waals surface area contributed by atoms with Gasteiger partial charge in [-0.25, -0.2) is 12.7 Å². The summed E-state index contributed by atoms with van der Waals surface area (Å²) in [6.07, 6.45) is 4.48. The molecular weight excluding hydrogens is 286 g/mol. The lowest BCUT2D eigenvalue weighted by Crippen LogP contribution is -2.51. The highest BCUT2D eigenvalue weighted by atomic mass is 32.2. The first-order chi connectivity index (χ1) is 9.91. The Morgan fingerprint density at radius 3 is 2.81 bits per heavy atom. The van der Waals surface area contributed by atoms with Gasteiger partial charge in [-0.2, -0.15) is 0 Å². The standard InChI is InChI=1S/C15H25N3O2S/c1-12(2)21(19,20)18-8-6-15(13(3)11-18)17-10-14-5-4-7-16-9-14/h4-5,7,9,12-13,15,17H,6,8,10-11H2,1-3H3/t13-,15-/m0/s1. The lowest BCUT2D eigenvalue weighted by Gasteiger charge is -2.37. The second-order valence-corrected chi connectivity index (χ2v) is 8.56. The number of sulfonamides is 1. The van der Waals surface area contributed by atoms with E-state index in [1.165, 1.54) is 0 Å². The van der Waals surface area contributed by atoms with E-state index in [0.29, 0.717) is 25.0 Å². The molecule has 1 aliphatic heterocycles. The van der Waals surface area contributed by atoms with Gasteiger partial charge in [0.2, 0.25) is 10.0 Å². The maximum Gasteiger partial charge on any atom is 0.216 e. The van der Waals surface area contributed by atoms with Gasteiger partial charge in [-0.05, 0) is 37.8 Å². The Labute approximate surface area is 127 Å². The molecule has 5 nitrogen and oxygen atoms in total. The highest BCUT2D eigenvalue weighted by molar-refractivity contribution is 7.89. The molecule has 1 aliphatic rings. The molecular formula is C15H25N3O2S. The first-order valence-corrected chi connectivity index (χ1v) is 9.03. The van der Waals surface area contributed by atoms with Crippen LogP contribution in [0.4, 0.5) is 0 Å². The molecule has 1 saturated heterocycles. The van der Waals surface area contributed by atoms with Gasteiger partial charge in [0.05, 0.1) is 5.25 Å². The number of aromatic nitrogens is 1. The molecule has 2 atom stereocenters. The fourth-order valence-electron chi connectivity index (χ4n) is 2.69. The summed E-state index contributed by atoms with van der Waals surface area (Å²) in [7, 11) is -3.13. The van der Waals surface area contributed by atoms with Crippen LogP contribution in [0.2, 0.25) is 0 Å². The van der Waals surface area contributed by atoms with Gasteiger partial charge in [0.15, 0.2) is 0 Å². The molecule has 1 N–H and O–H groups in total. The lowest BCUT2D eigenvalue weighted by molar-refractivity contribution is 0.218. The summed E-state index contributed by atoms with van der Waals surface area (Å²) in [4.78, 5) is 4.10. The zero-order valence-corrected chi connectivity index (χ0v) is 13.8. The maximum atomic E-state index is 12.2. The van der Waals surface area contributed by atoms with E-state index in [4.69, 9.17) is 0 Å². The largest absolute Gasteiger partial charge is 0.310 e. The molecule has 0 spiro atoms. The van der Waals surface area contributed by atoms with Crippen LogP contribution in [-0.2, 0) is 16.6 Å². The Balaban J connectivity index is 1.90. The topological polar surface area (TPSA) is 62.3 Å². The monoisotopic (exact) mass is 311 g/mol. The van der Waals surface area contributed by atoms with Crippen LogP contribution >= 0.6 is 0 Å². The number of pyridine rings is 1. The van der Waals surface area contributed by atoms with Crippen molar-refractivity contribution in [2.75, 3.05) is 13.1 Å². The quantitative estimate of drug-likeness (QED) is 0.897. The smallest absolute Gasteiger partial charge is 0.216 e. The number of nitrogens with zero attached hydrogens (tertiary/aromatic N) is 2. The summed E-state index contributed by atoms with van der Waals surface area (Å²) in [5.74, 6) is 0.309. The van der Waals surface area contributed by atoms with Gasteiger partial charge in [0, 0.05) is 38.1 Å². The van der Waals surface area contributed by atoms with Crippen LogP contribution < -0.4 is 5.32 Å². The number of piperidine rings is 1. The van der Waals surface area contributed by atoms with Crippen LogP contribution in [0, 0.1) is 5.92 Å². The number of nitrogens with one attached hydrogen (secondary N) is 1. The molecule has 1 aromatic rings. The second kappa shape index (κ2) is 6.85. The Morgan fingerprint density at radius 1 is 1.48 bits per heavy atom. The summed E-state index contributed by atoms with van der Waals surface area (Å²) in [6, 6.07) is 4.32. The van der Waals surface area contributed by atoms with Gasteiger partial charge in [-0.15, -0.1) is 0 Å². The summed E-state index contributed by atoms with van der Waals surface area (Å²) in [5.41, 5.74) is 1.15. The van der Waals surface area contributed by atoms with Gasteiger partial charge in [-0.3, -0.25) is 4.98 Å². The van der Waals surface area contributed by atoms with Crippen molar-refractivity contribution < 1.29 is 8.42 Å². The van der Waals surface area contributed by atoms with E-state index in [-0.39, 0.29) is 5.25 Å². The van der Waals surface area contributed by atoms with Crippen molar-refractivity contribution in [3.63, 3.8) is 0 Å². The number of hydrogen-bond acceptors (Lipinski definition) is 4. The highest BCUT2D eigenvalue weighted by Crippen LogP contribution is 2.21. The molecule has 1 aromatic heterocycles. The Bertz CT molecular complexity index is 545. The fraction of sp³-hybridized carbons (Fsp3) is 0.667. The molecule has 2 heterocycles. The molecule has 0 aliphatic carbocycles. The normalized spacial score (nSPS) is 24.4. The van der Waals surface area contributed by atoms with Gasteiger partial charge >= 0.3 is 0 Å². The minimum absolute atomic E-state index is 0.309. The molecule has 2 rings (SSSR count). The van der Waals surface area contributed by atoms with E-state index in [1.807, 2.05) is 18.3 Å². The van der Waals surface area contributed by atoms with Crippen LogP contribution in [0.5, 0.6) is 0 Å². The average molecular weight is 311 g/mol. The zero-order valence-electron chi connectivity index (χ0n) is 13.0. The average Bonchev–Trinajstić information content (AvgIpc) is 2.46. The summed E-state index contributed by atoms with van der Waals surface area (Å²) in [6.45, 7) is 7.59. The predicted molar refractivity (Wildman–Crippen MR) is 84.3 cm³/mol. The van der Waals surface area contributed by atoms with Crippen LogP contribution in [-0.4, -0.2) is 42.1 Å². The van der Waals surface area contributed by atoms with Crippen molar-refractivity contribution >= 4 is 10.0 Å². The van der Waals surface area contributed by atoms with E-state index in [1.54, 1.807) is 24.3 Å². The van der Waals surface area contributed by atoms with E-state index in [0.717, 1.165) is 18.5 Å². The van der Waals surface area contributed by atoms with E-state index < -0.39 is 10.0 Å². The SMILES string of the molecule is CC(C)S(=O)(=O)N1CC[C@H](NCc2cccnc2)[C@@H](C)C1. The van der Waals surface area contributed by atoms with E-state index in [9.17, 15) is 8.42 Å². The summed E-state index contributed by atoms with van der Waals surface area (Å²) in [5, 5.41) is 3.18. The number of hydrogen-bond donors (Lipinski definition) is 1. The minimum Gasteiger partial charge on any atom is -0.310 e. The van der Waals surface area contributed by atoms with Crippen molar-refractivity contribution in [2.45, 2.75) is 45.0 Å². The minimum atomic E-state index is -3.13. The molecule has 0 bridgehead atoms. The fourth-order valence-corrected chi connectivity index (χ4v) is 4.09.